The molecule has 0 saturated carbocycles. The molecule has 0 radical (unpaired) electrons. The van der Waals surface area contributed by atoms with Crippen LogP contribution in [0.1, 0.15) is 44.1 Å². The first-order chi connectivity index (χ1) is 7.72. The molecule has 1 rings (SSSR count). The molecule has 1 heterocycles. The van der Waals surface area contributed by atoms with Crippen LogP contribution in [0.15, 0.2) is 6.07 Å². The minimum absolute atomic E-state index is 0.228. The minimum atomic E-state index is 0.228. The van der Waals surface area contributed by atoms with E-state index < -0.39 is 0 Å². The summed E-state index contributed by atoms with van der Waals surface area (Å²) in [5, 5.41) is 7.92. The molecule has 16 heavy (non-hydrogen) atoms. The molecule has 0 bridgehead atoms. The van der Waals surface area contributed by atoms with Gasteiger partial charge in [-0.15, -0.1) is 12.3 Å². The van der Waals surface area contributed by atoms with Crippen molar-refractivity contribution in [1.29, 1.82) is 0 Å². The Morgan fingerprint density at radius 3 is 2.88 bits per heavy atom. The molecule has 1 atom stereocenters. The van der Waals surface area contributed by atoms with Crippen molar-refractivity contribution in [3.05, 3.63) is 17.5 Å². The molecule has 1 N–H and O–H groups in total. The maximum atomic E-state index is 5.42. The SMILES string of the molecule is C#CCC(NCCC)c1cc(C)nn1CC. The van der Waals surface area contributed by atoms with Crippen LogP contribution in [-0.2, 0) is 6.54 Å². The predicted molar refractivity (Wildman–Crippen MR) is 67.1 cm³/mol. The van der Waals surface area contributed by atoms with Crippen LogP contribution in [0, 0.1) is 19.3 Å². The number of rotatable bonds is 6. The highest BCUT2D eigenvalue weighted by molar-refractivity contribution is 5.15. The smallest absolute Gasteiger partial charge is 0.0602 e. The third kappa shape index (κ3) is 3.11. The Labute approximate surface area is 98.2 Å². The normalized spacial score (nSPS) is 12.4. The molecule has 0 aromatic carbocycles. The molecule has 0 aliphatic rings. The lowest BCUT2D eigenvalue weighted by atomic mass is 10.1. The van der Waals surface area contributed by atoms with Crippen LogP contribution in [0.2, 0.25) is 0 Å². The lowest BCUT2D eigenvalue weighted by Gasteiger charge is -2.17. The van der Waals surface area contributed by atoms with Gasteiger partial charge in [-0.2, -0.15) is 5.10 Å². The van der Waals surface area contributed by atoms with E-state index in [0.29, 0.717) is 6.42 Å². The van der Waals surface area contributed by atoms with E-state index in [2.05, 4.69) is 36.2 Å². The Morgan fingerprint density at radius 2 is 2.31 bits per heavy atom. The van der Waals surface area contributed by atoms with Crippen molar-refractivity contribution in [1.82, 2.24) is 15.1 Å². The summed E-state index contributed by atoms with van der Waals surface area (Å²) in [5.74, 6) is 2.73. The Hall–Kier alpha value is -1.27. The second-order valence-corrected chi connectivity index (χ2v) is 3.94. The van der Waals surface area contributed by atoms with Crippen molar-refractivity contribution in [3.63, 3.8) is 0 Å². The number of hydrogen-bond donors (Lipinski definition) is 1. The van der Waals surface area contributed by atoms with Crippen LogP contribution < -0.4 is 5.32 Å². The van der Waals surface area contributed by atoms with E-state index in [1.54, 1.807) is 0 Å². The van der Waals surface area contributed by atoms with E-state index in [-0.39, 0.29) is 6.04 Å². The quantitative estimate of drug-likeness (QED) is 0.744. The third-order valence-electron chi connectivity index (χ3n) is 2.55. The Bertz CT molecular complexity index is 360. The average Bonchev–Trinajstić information content (AvgIpc) is 2.65. The number of nitrogens with zero attached hydrogens (tertiary/aromatic N) is 2. The topological polar surface area (TPSA) is 29.9 Å². The first-order valence-corrected chi connectivity index (χ1v) is 5.94. The van der Waals surface area contributed by atoms with Crippen LogP contribution >= 0.6 is 0 Å². The summed E-state index contributed by atoms with van der Waals surface area (Å²) in [5.41, 5.74) is 2.25. The van der Waals surface area contributed by atoms with Crippen molar-refractivity contribution in [2.45, 2.75) is 46.2 Å². The van der Waals surface area contributed by atoms with Gasteiger partial charge in [0.1, 0.15) is 0 Å². The van der Waals surface area contributed by atoms with Gasteiger partial charge in [-0.3, -0.25) is 4.68 Å². The van der Waals surface area contributed by atoms with E-state index in [9.17, 15) is 0 Å². The van der Waals surface area contributed by atoms with Gasteiger partial charge in [-0.25, -0.2) is 0 Å². The predicted octanol–water partition coefficient (Wildman–Crippen LogP) is 2.28. The van der Waals surface area contributed by atoms with Gasteiger partial charge in [0, 0.05) is 13.0 Å². The molecule has 0 aliphatic heterocycles. The maximum absolute atomic E-state index is 5.42. The van der Waals surface area contributed by atoms with Crippen LogP contribution in [-0.4, -0.2) is 16.3 Å². The maximum Gasteiger partial charge on any atom is 0.0602 e. The summed E-state index contributed by atoms with van der Waals surface area (Å²) < 4.78 is 2.03. The van der Waals surface area contributed by atoms with Gasteiger partial charge in [-0.05, 0) is 32.9 Å². The van der Waals surface area contributed by atoms with Gasteiger partial charge in [0.15, 0.2) is 0 Å². The summed E-state index contributed by atoms with van der Waals surface area (Å²) in [6.45, 7) is 8.14. The van der Waals surface area contributed by atoms with Crippen molar-refractivity contribution < 1.29 is 0 Å². The monoisotopic (exact) mass is 219 g/mol. The van der Waals surface area contributed by atoms with Gasteiger partial charge in [0.05, 0.1) is 17.4 Å². The van der Waals surface area contributed by atoms with Crippen LogP contribution in [0.5, 0.6) is 0 Å². The molecule has 0 spiro atoms. The fourth-order valence-corrected chi connectivity index (χ4v) is 1.82. The van der Waals surface area contributed by atoms with Gasteiger partial charge in [0.2, 0.25) is 0 Å². The molecular weight excluding hydrogens is 198 g/mol. The summed E-state index contributed by atoms with van der Waals surface area (Å²) in [7, 11) is 0. The molecule has 0 saturated heterocycles. The summed E-state index contributed by atoms with van der Waals surface area (Å²) >= 11 is 0. The summed E-state index contributed by atoms with van der Waals surface area (Å²) in [6.07, 6.45) is 7.24. The molecule has 3 heteroatoms. The Balaban J connectivity index is 2.86. The van der Waals surface area contributed by atoms with Gasteiger partial charge in [-0.1, -0.05) is 6.92 Å². The zero-order valence-electron chi connectivity index (χ0n) is 10.5. The average molecular weight is 219 g/mol. The second-order valence-electron chi connectivity index (χ2n) is 3.94. The number of terminal acetylenes is 1. The molecule has 0 amide bonds. The molecule has 3 nitrogen and oxygen atoms in total. The van der Waals surface area contributed by atoms with Crippen molar-refractivity contribution >= 4 is 0 Å². The fraction of sp³-hybridized carbons (Fsp3) is 0.615. The summed E-state index contributed by atoms with van der Waals surface area (Å²) in [6, 6.07) is 2.35. The highest BCUT2D eigenvalue weighted by atomic mass is 15.3. The van der Waals surface area contributed by atoms with Crippen molar-refractivity contribution in [2.24, 2.45) is 0 Å². The lowest BCUT2D eigenvalue weighted by molar-refractivity contribution is 0.488. The minimum Gasteiger partial charge on any atom is -0.308 e. The first-order valence-electron chi connectivity index (χ1n) is 5.94. The summed E-state index contributed by atoms with van der Waals surface area (Å²) in [4.78, 5) is 0. The van der Waals surface area contributed by atoms with Crippen LogP contribution in [0.25, 0.3) is 0 Å². The molecule has 1 aromatic rings. The van der Waals surface area contributed by atoms with Gasteiger partial charge in [0.25, 0.3) is 0 Å². The van der Waals surface area contributed by atoms with Gasteiger partial charge < -0.3 is 5.32 Å². The number of aryl methyl sites for hydroxylation is 2. The number of nitrogens with one attached hydrogen (secondary N) is 1. The van der Waals surface area contributed by atoms with E-state index in [1.165, 1.54) is 5.69 Å². The van der Waals surface area contributed by atoms with E-state index in [1.807, 2.05) is 11.6 Å². The highest BCUT2D eigenvalue weighted by Gasteiger charge is 2.14. The molecule has 88 valence electrons. The number of aromatic nitrogens is 2. The second kappa shape index (κ2) is 6.34. The zero-order valence-corrected chi connectivity index (χ0v) is 10.5. The highest BCUT2D eigenvalue weighted by Crippen LogP contribution is 2.17. The largest absolute Gasteiger partial charge is 0.308 e. The van der Waals surface area contributed by atoms with Gasteiger partial charge >= 0.3 is 0 Å². The molecule has 1 unspecified atom stereocenters. The molecular formula is C13H21N3. The molecule has 0 fully saturated rings. The molecule has 0 aliphatic carbocycles. The van der Waals surface area contributed by atoms with Crippen molar-refractivity contribution in [2.75, 3.05) is 6.54 Å². The zero-order chi connectivity index (χ0) is 12.0. The van der Waals surface area contributed by atoms with Crippen molar-refractivity contribution in [3.8, 4) is 12.3 Å². The van der Waals surface area contributed by atoms with Crippen LogP contribution in [0.3, 0.4) is 0 Å². The molecule has 1 aromatic heterocycles. The van der Waals surface area contributed by atoms with E-state index in [4.69, 9.17) is 6.42 Å². The first kappa shape index (κ1) is 12.8. The third-order valence-corrected chi connectivity index (χ3v) is 2.55. The van der Waals surface area contributed by atoms with E-state index in [0.717, 1.165) is 25.2 Å². The Morgan fingerprint density at radius 1 is 1.56 bits per heavy atom. The van der Waals surface area contributed by atoms with E-state index >= 15 is 0 Å². The fourth-order valence-electron chi connectivity index (χ4n) is 1.82. The lowest BCUT2D eigenvalue weighted by Crippen LogP contribution is -2.24. The standard InChI is InChI=1S/C13H21N3/c1-5-8-12(14-9-6-2)13-10-11(4)15-16(13)7-3/h1,10,12,14H,6-9H2,2-4H3. The van der Waals surface area contributed by atoms with Crippen LogP contribution in [0.4, 0.5) is 0 Å². The number of hydrogen-bond acceptors (Lipinski definition) is 2. The Kier molecular flexibility index (Phi) is 5.07.